The molecule has 4 heteroatoms. The van der Waals surface area contributed by atoms with Gasteiger partial charge in [-0.05, 0) is 86.0 Å². The monoisotopic (exact) mass is 704 g/mol. The lowest BCUT2D eigenvalue weighted by Gasteiger charge is -2.37. The standard InChI is InChI=1S/C51H36N4/c1-33-43-16-5-6-17-46(43)47(38-12-7-13-38)48-44(33)18-9-19-45(48)37-24-20-34(21-25-37)35-22-26-40(27-23-35)50-53-49(39-10-3-2-4-11-39)54-51(55-50)42-15-8-14-41(32-42)36-28-30-52-31-29-36/h2-6,8-33,38,47H,1H3. The summed E-state index contributed by atoms with van der Waals surface area (Å²) in [5, 5.41) is 0. The molecule has 0 spiro atoms. The maximum Gasteiger partial charge on any atom is 0.164 e. The summed E-state index contributed by atoms with van der Waals surface area (Å²) in [6, 6.07) is 55.9. The van der Waals surface area contributed by atoms with Crippen molar-refractivity contribution in [1.29, 1.82) is 0 Å². The van der Waals surface area contributed by atoms with Crippen LogP contribution in [0.5, 0.6) is 0 Å². The summed E-state index contributed by atoms with van der Waals surface area (Å²) in [6.45, 7) is 2.35. The van der Waals surface area contributed by atoms with E-state index >= 15 is 0 Å². The third-order valence-corrected chi connectivity index (χ3v) is 11.2. The molecule has 0 fully saturated rings. The van der Waals surface area contributed by atoms with Crippen LogP contribution in [-0.2, 0) is 0 Å². The Hall–Kier alpha value is -7.00. The van der Waals surface area contributed by atoms with E-state index < -0.39 is 0 Å². The van der Waals surface area contributed by atoms with Crippen molar-refractivity contribution < 1.29 is 0 Å². The van der Waals surface area contributed by atoms with Gasteiger partial charge in [0.2, 0.25) is 0 Å². The zero-order chi connectivity index (χ0) is 36.7. The van der Waals surface area contributed by atoms with Crippen LogP contribution >= 0.6 is 0 Å². The molecule has 2 unspecified atom stereocenters. The third-order valence-electron chi connectivity index (χ3n) is 11.2. The second-order valence-corrected chi connectivity index (χ2v) is 14.4. The highest BCUT2D eigenvalue weighted by Crippen LogP contribution is 2.51. The predicted octanol–water partition coefficient (Wildman–Crippen LogP) is 12.2. The van der Waals surface area contributed by atoms with E-state index in [0.717, 1.165) is 38.9 Å². The average molecular weight is 705 g/mol. The second-order valence-electron chi connectivity index (χ2n) is 14.4. The molecule has 55 heavy (non-hydrogen) atoms. The fourth-order valence-electron chi connectivity index (χ4n) is 8.26. The highest BCUT2D eigenvalue weighted by Gasteiger charge is 2.36. The minimum atomic E-state index is 0.288. The van der Waals surface area contributed by atoms with Crippen LogP contribution in [0.3, 0.4) is 0 Å². The Morgan fingerprint density at radius 3 is 1.60 bits per heavy atom. The van der Waals surface area contributed by atoms with Gasteiger partial charge in [0.15, 0.2) is 17.5 Å². The van der Waals surface area contributed by atoms with E-state index in [1.165, 1.54) is 33.4 Å². The van der Waals surface area contributed by atoms with Crippen molar-refractivity contribution in [2.45, 2.75) is 18.8 Å². The molecular weight excluding hydrogens is 669 g/mol. The number of nitrogens with zero attached hydrogens (tertiary/aromatic N) is 4. The van der Waals surface area contributed by atoms with E-state index in [4.69, 9.17) is 15.0 Å². The molecule has 2 atom stereocenters. The first-order valence-electron chi connectivity index (χ1n) is 18.9. The van der Waals surface area contributed by atoms with Gasteiger partial charge in [0, 0.05) is 46.8 Å². The molecule has 10 rings (SSSR count). The SMILES string of the molecule is CC1c2ccccc2C(C2C=C=C2)c2c(-c3ccc(-c4ccc(-c5nc(-c6ccccc6)nc(-c6cccc(-c7ccncc7)c6)n5)cc4)cc3)cccc21. The lowest BCUT2D eigenvalue weighted by Crippen LogP contribution is -2.23. The number of benzene rings is 6. The molecule has 2 heterocycles. The highest BCUT2D eigenvalue weighted by atomic mass is 15.0. The third kappa shape index (κ3) is 5.99. The van der Waals surface area contributed by atoms with Crippen LogP contribution in [0.1, 0.15) is 41.0 Å². The van der Waals surface area contributed by atoms with Crippen molar-refractivity contribution in [2.75, 3.05) is 0 Å². The van der Waals surface area contributed by atoms with Gasteiger partial charge in [0.25, 0.3) is 0 Å². The van der Waals surface area contributed by atoms with E-state index in [2.05, 4.69) is 139 Å². The molecule has 2 aromatic heterocycles. The number of allylic oxidation sites excluding steroid dienone is 1. The molecule has 2 aliphatic carbocycles. The summed E-state index contributed by atoms with van der Waals surface area (Å²) in [5.74, 6) is 2.89. The average Bonchev–Trinajstić information content (AvgIpc) is 3.25. The fraction of sp³-hybridized carbons (Fsp3) is 0.0784. The molecule has 0 radical (unpaired) electrons. The largest absolute Gasteiger partial charge is 0.265 e. The Labute approximate surface area is 321 Å². The van der Waals surface area contributed by atoms with Gasteiger partial charge in [0.05, 0.1) is 0 Å². The van der Waals surface area contributed by atoms with Crippen molar-refractivity contribution in [3.8, 4) is 67.5 Å². The van der Waals surface area contributed by atoms with Crippen LogP contribution in [0.4, 0.5) is 0 Å². The first kappa shape index (κ1) is 32.6. The minimum absolute atomic E-state index is 0.288. The number of hydrogen-bond donors (Lipinski definition) is 0. The number of pyridine rings is 1. The molecule has 0 aliphatic heterocycles. The Morgan fingerprint density at radius 1 is 0.418 bits per heavy atom. The van der Waals surface area contributed by atoms with Crippen LogP contribution in [-0.4, -0.2) is 19.9 Å². The van der Waals surface area contributed by atoms with Gasteiger partial charge in [-0.25, -0.2) is 15.0 Å². The van der Waals surface area contributed by atoms with Crippen molar-refractivity contribution in [3.05, 3.63) is 210 Å². The molecule has 0 saturated heterocycles. The van der Waals surface area contributed by atoms with Gasteiger partial charge in [-0.2, -0.15) is 0 Å². The van der Waals surface area contributed by atoms with E-state index in [-0.39, 0.29) is 5.92 Å². The summed E-state index contributed by atoms with van der Waals surface area (Å²) in [7, 11) is 0. The molecule has 4 nitrogen and oxygen atoms in total. The smallest absolute Gasteiger partial charge is 0.164 e. The first-order valence-corrected chi connectivity index (χ1v) is 18.9. The zero-order valence-corrected chi connectivity index (χ0v) is 30.3. The summed E-state index contributed by atoms with van der Waals surface area (Å²) < 4.78 is 0. The molecule has 6 aromatic carbocycles. The van der Waals surface area contributed by atoms with E-state index in [1.54, 1.807) is 0 Å². The fourth-order valence-corrected chi connectivity index (χ4v) is 8.26. The molecule has 0 N–H and O–H groups in total. The number of aromatic nitrogens is 4. The quantitative estimate of drug-likeness (QED) is 0.155. The van der Waals surface area contributed by atoms with Crippen molar-refractivity contribution in [1.82, 2.24) is 19.9 Å². The maximum absolute atomic E-state index is 5.02. The Balaban J connectivity index is 0.979. The Kier molecular flexibility index (Phi) is 8.17. The van der Waals surface area contributed by atoms with E-state index in [9.17, 15) is 0 Å². The van der Waals surface area contributed by atoms with Crippen LogP contribution in [0.2, 0.25) is 0 Å². The lowest BCUT2D eigenvalue weighted by molar-refractivity contribution is 0.628. The number of rotatable bonds is 7. The molecule has 0 amide bonds. The van der Waals surface area contributed by atoms with Crippen LogP contribution in [0.25, 0.3) is 67.5 Å². The number of hydrogen-bond acceptors (Lipinski definition) is 4. The molecule has 2 aliphatic rings. The molecule has 0 saturated carbocycles. The first-order chi connectivity index (χ1) is 27.2. The molecular formula is C51H36N4. The van der Waals surface area contributed by atoms with Crippen molar-refractivity contribution in [2.24, 2.45) is 5.92 Å². The van der Waals surface area contributed by atoms with Gasteiger partial charge in [-0.15, -0.1) is 5.73 Å². The maximum atomic E-state index is 5.02. The number of fused-ring (bicyclic) bond motifs is 2. The zero-order valence-electron chi connectivity index (χ0n) is 30.3. The van der Waals surface area contributed by atoms with Crippen LogP contribution in [0, 0.1) is 5.92 Å². The Bertz CT molecular complexity index is 2740. The van der Waals surface area contributed by atoms with Gasteiger partial charge in [0.1, 0.15) is 0 Å². The van der Waals surface area contributed by atoms with Gasteiger partial charge in [-0.3, -0.25) is 4.98 Å². The van der Waals surface area contributed by atoms with Crippen LogP contribution in [0.15, 0.2) is 188 Å². The summed E-state index contributed by atoms with van der Waals surface area (Å²) in [5.41, 5.74) is 18.9. The summed E-state index contributed by atoms with van der Waals surface area (Å²) >= 11 is 0. The second kappa shape index (κ2) is 13.8. The molecule has 260 valence electrons. The van der Waals surface area contributed by atoms with E-state index in [0.29, 0.717) is 29.3 Å². The lowest BCUT2D eigenvalue weighted by atomic mass is 9.66. The summed E-state index contributed by atoms with van der Waals surface area (Å²) in [4.78, 5) is 19.1. The molecule has 8 aromatic rings. The Morgan fingerprint density at radius 2 is 0.927 bits per heavy atom. The van der Waals surface area contributed by atoms with Crippen molar-refractivity contribution in [3.63, 3.8) is 0 Å². The van der Waals surface area contributed by atoms with Crippen molar-refractivity contribution >= 4 is 0 Å². The predicted molar refractivity (Wildman–Crippen MR) is 222 cm³/mol. The van der Waals surface area contributed by atoms with Gasteiger partial charge >= 0.3 is 0 Å². The minimum Gasteiger partial charge on any atom is -0.265 e. The van der Waals surface area contributed by atoms with Gasteiger partial charge in [-0.1, -0.05) is 146 Å². The van der Waals surface area contributed by atoms with Crippen LogP contribution < -0.4 is 0 Å². The molecule has 0 bridgehead atoms. The van der Waals surface area contributed by atoms with E-state index in [1.807, 2.05) is 60.9 Å². The highest BCUT2D eigenvalue weighted by molar-refractivity contribution is 5.78. The normalized spacial score (nSPS) is 15.6. The van der Waals surface area contributed by atoms with Gasteiger partial charge < -0.3 is 0 Å². The summed E-state index contributed by atoms with van der Waals surface area (Å²) in [6.07, 6.45) is 8.08. The topological polar surface area (TPSA) is 51.6 Å².